The molecule has 0 spiro atoms. The summed E-state index contributed by atoms with van der Waals surface area (Å²) in [6, 6.07) is 8.20. The first-order valence-corrected chi connectivity index (χ1v) is 7.06. The summed E-state index contributed by atoms with van der Waals surface area (Å²) in [7, 11) is 0. The standard InChI is InChI=1S/C16H19NO2/c18-11-15(9-10-15)13-5-1-2-6-14(13)16(17-12-19)7-3-4-8-16/h1-2,5-6,18H,3-4,7-11H2. The molecule has 0 saturated heterocycles. The quantitative estimate of drug-likeness (QED) is 0.666. The van der Waals surface area contributed by atoms with Gasteiger partial charge in [0.25, 0.3) is 0 Å². The fourth-order valence-corrected chi connectivity index (χ4v) is 3.50. The van der Waals surface area contributed by atoms with E-state index in [-0.39, 0.29) is 17.6 Å². The van der Waals surface area contributed by atoms with Gasteiger partial charge in [0.15, 0.2) is 0 Å². The SMILES string of the molecule is O=C=NC1(c2ccccc2C2(CO)CC2)CCCC1. The summed E-state index contributed by atoms with van der Waals surface area (Å²) < 4.78 is 0. The van der Waals surface area contributed by atoms with E-state index in [1.54, 1.807) is 6.08 Å². The summed E-state index contributed by atoms with van der Waals surface area (Å²) in [6.07, 6.45) is 7.88. The van der Waals surface area contributed by atoms with Crippen LogP contribution in [0.3, 0.4) is 0 Å². The Hall–Kier alpha value is -1.44. The number of isocyanates is 1. The van der Waals surface area contributed by atoms with Crippen molar-refractivity contribution >= 4 is 6.08 Å². The number of hydrogen-bond donors (Lipinski definition) is 1. The summed E-state index contributed by atoms with van der Waals surface area (Å²) in [4.78, 5) is 15.0. The van der Waals surface area contributed by atoms with Gasteiger partial charge in [-0.15, -0.1) is 0 Å². The molecule has 2 fully saturated rings. The van der Waals surface area contributed by atoms with Crippen LogP contribution < -0.4 is 0 Å². The average molecular weight is 257 g/mol. The van der Waals surface area contributed by atoms with Crippen LogP contribution in [0.2, 0.25) is 0 Å². The van der Waals surface area contributed by atoms with Crippen molar-refractivity contribution in [3.63, 3.8) is 0 Å². The Morgan fingerprint density at radius 3 is 2.26 bits per heavy atom. The average Bonchev–Trinajstić information content (AvgIpc) is 3.12. The van der Waals surface area contributed by atoms with Crippen molar-refractivity contribution in [1.82, 2.24) is 0 Å². The van der Waals surface area contributed by atoms with E-state index < -0.39 is 0 Å². The predicted octanol–water partition coefficient (Wildman–Crippen LogP) is 2.82. The molecule has 3 rings (SSSR count). The lowest BCUT2D eigenvalue weighted by Crippen LogP contribution is -2.25. The minimum absolute atomic E-state index is 0.0788. The van der Waals surface area contributed by atoms with Crippen molar-refractivity contribution in [3.8, 4) is 0 Å². The van der Waals surface area contributed by atoms with Crippen LogP contribution in [-0.2, 0) is 15.7 Å². The summed E-state index contributed by atoms with van der Waals surface area (Å²) in [5.74, 6) is 0. The molecule has 0 unspecified atom stereocenters. The highest BCUT2D eigenvalue weighted by Crippen LogP contribution is 2.53. The maximum absolute atomic E-state index is 10.8. The van der Waals surface area contributed by atoms with Crippen LogP contribution in [0.1, 0.15) is 49.7 Å². The van der Waals surface area contributed by atoms with Gasteiger partial charge in [0, 0.05) is 5.41 Å². The van der Waals surface area contributed by atoms with Gasteiger partial charge in [0.05, 0.1) is 12.1 Å². The number of carbonyl (C=O) groups excluding carboxylic acids is 1. The van der Waals surface area contributed by atoms with E-state index in [4.69, 9.17) is 0 Å². The van der Waals surface area contributed by atoms with E-state index in [0.717, 1.165) is 44.1 Å². The van der Waals surface area contributed by atoms with Crippen molar-refractivity contribution in [1.29, 1.82) is 0 Å². The molecule has 2 saturated carbocycles. The highest BCUT2D eigenvalue weighted by Gasteiger charge is 2.48. The lowest BCUT2D eigenvalue weighted by molar-refractivity contribution is 0.253. The van der Waals surface area contributed by atoms with E-state index in [9.17, 15) is 9.90 Å². The van der Waals surface area contributed by atoms with Crippen LogP contribution in [0, 0.1) is 0 Å². The molecule has 1 N–H and O–H groups in total. The second-order valence-electron chi connectivity index (χ2n) is 5.93. The zero-order chi connectivity index (χ0) is 13.3. The van der Waals surface area contributed by atoms with Gasteiger partial charge in [-0.25, -0.2) is 4.79 Å². The Kier molecular flexibility index (Phi) is 3.04. The molecule has 1 aromatic rings. The first-order chi connectivity index (χ1) is 9.26. The number of hydrogen-bond acceptors (Lipinski definition) is 3. The molecule has 100 valence electrons. The molecule has 0 aliphatic heterocycles. The van der Waals surface area contributed by atoms with Gasteiger partial charge in [-0.2, -0.15) is 4.99 Å². The van der Waals surface area contributed by atoms with Gasteiger partial charge in [-0.1, -0.05) is 37.1 Å². The van der Waals surface area contributed by atoms with Crippen molar-refractivity contribution < 1.29 is 9.90 Å². The van der Waals surface area contributed by atoms with Crippen LogP contribution in [0.15, 0.2) is 29.3 Å². The molecule has 2 aliphatic carbocycles. The zero-order valence-electron chi connectivity index (χ0n) is 11.1. The first-order valence-electron chi connectivity index (χ1n) is 7.06. The van der Waals surface area contributed by atoms with E-state index in [0.29, 0.717) is 0 Å². The number of aliphatic hydroxyl groups is 1. The highest BCUT2D eigenvalue weighted by atomic mass is 16.3. The lowest BCUT2D eigenvalue weighted by atomic mass is 9.80. The molecule has 0 bridgehead atoms. The van der Waals surface area contributed by atoms with E-state index in [1.807, 2.05) is 12.1 Å². The largest absolute Gasteiger partial charge is 0.395 e. The Morgan fingerprint density at radius 1 is 1.11 bits per heavy atom. The van der Waals surface area contributed by atoms with E-state index in [1.165, 1.54) is 5.56 Å². The lowest BCUT2D eigenvalue weighted by Gasteiger charge is -2.28. The molecule has 3 nitrogen and oxygen atoms in total. The molecule has 2 aliphatic rings. The van der Waals surface area contributed by atoms with Gasteiger partial charge in [-0.05, 0) is 36.8 Å². The molecule has 1 aromatic carbocycles. The third-order valence-corrected chi connectivity index (χ3v) is 4.85. The predicted molar refractivity (Wildman–Crippen MR) is 72.7 cm³/mol. The molecule has 0 heterocycles. The molecule has 0 aromatic heterocycles. The first kappa shape index (κ1) is 12.6. The Labute approximate surface area is 113 Å². The minimum Gasteiger partial charge on any atom is -0.395 e. The smallest absolute Gasteiger partial charge is 0.235 e. The van der Waals surface area contributed by atoms with Gasteiger partial charge in [0.2, 0.25) is 6.08 Å². The molecule has 19 heavy (non-hydrogen) atoms. The van der Waals surface area contributed by atoms with Crippen molar-refractivity contribution in [3.05, 3.63) is 35.4 Å². The van der Waals surface area contributed by atoms with E-state index >= 15 is 0 Å². The van der Waals surface area contributed by atoms with Crippen LogP contribution in [-0.4, -0.2) is 17.8 Å². The third kappa shape index (κ3) is 1.94. The van der Waals surface area contributed by atoms with Gasteiger partial charge in [0.1, 0.15) is 0 Å². The van der Waals surface area contributed by atoms with Crippen LogP contribution in [0.5, 0.6) is 0 Å². The molecule has 0 amide bonds. The number of aliphatic hydroxyl groups excluding tert-OH is 1. The van der Waals surface area contributed by atoms with Crippen molar-refractivity contribution in [2.45, 2.75) is 49.5 Å². The third-order valence-electron chi connectivity index (χ3n) is 4.85. The molecular weight excluding hydrogens is 238 g/mol. The summed E-state index contributed by atoms with van der Waals surface area (Å²) in [5, 5.41) is 9.68. The van der Waals surface area contributed by atoms with Crippen LogP contribution in [0.25, 0.3) is 0 Å². The Bertz CT molecular complexity index is 521. The van der Waals surface area contributed by atoms with Crippen LogP contribution >= 0.6 is 0 Å². The molecule has 0 radical (unpaired) electrons. The van der Waals surface area contributed by atoms with Gasteiger partial charge < -0.3 is 5.11 Å². The number of aliphatic imine (C=N–C) groups is 1. The van der Waals surface area contributed by atoms with Crippen LogP contribution in [0.4, 0.5) is 0 Å². The Morgan fingerprint density at radius 2 is 1.74 bits per heavy atom. The fraction of sp³-hybridized carbons (Fsp3) is 0.562. The zero-order valence-corrected chi connectivity index (χ0v) is 11.1. The maximum atomic E-state index is 10.8. The number of benzene rings is 1. The number of rotatable bonds is 4. The Balaban J connectivity index is 2.12. The molecule has 0 atom stereocenters. The molecule has 3 heteroatoms. The second-order valence-corrected chi connectivity index (χ2v) is 5.93. The number of nitrogens with zero attached hydrogens (tertiary/aromatic N) is 1. The maximum Gasteiger partial charge on any atom is 0.235 e. The summed E-state index contributed by atoms with van der Waals surface area (Å²) in [6.45, 7) is 0.185. The van der Waals surface area contributed by atoms with Crippen molar-refractivity contribution in [2.24, 2.45) is 4.99 Å². The van der Waals surface area contributed by atoms with Gasteiger partial charge >= 0.3 is 0 Å². The normalized spacial score (nSPS) is 22.8. The minimum atomic E-state index is -0.386. The monoisotopic (exact) mass is 257 g/mol. The summed E-state index contributed by atoms with van der Waals surface area (Å²) >= 11 is 0. The van der Waals surface area contributed by atoms with E-state index in [2.05, 4.69) is 17.1 Å². The fourth-order valence-electron chi connectivity index (χ4n) is 3.50. The van der Waals surface area contributed by atoms with Gasteiger partial charge in [-0.3, -0.25) is 0 Å². The van der Waals surface area contributed by atoms with Crippen molar-refractivity contribution in [2.75, 3.05) is 6.61 Å². The molecular formula is C16H19NO2. The summed E-state index contributed by atoms with van der Waals surface area (Å²) in [5.41, 5.74) is 1.87. The topological polar surface area (TPSA) is 49.7 Å². The second kappa shape index (κ2) is 4.59. The highest BCUT2D eigenvalue weighted by molar-refractivity contribution is 5.46.